The van der Waals surface area contributed by atoms with E-state index in [1.807, 2.05) is 13.1 Å². The van der Waals surface area contributed by atoms with Crippen LogP contribution in [0, 0.1) is 20.8 Å². The number of nitrogens with zero attached hydrogens (tertiary/aromatic N) is 3. The molecule has 0 aliphatic rings. The summed E-state index contributed by atoms with van der Waals surface area (Å²) in [6, 6.07) is 7.86. The van der Waals surface area contributed by atoms with E-state index in [1.54, 1.807) is 17.9 Å². The Labute approximate surface area is 144 Å². The molecule has 0 aliphatic heterocycles. The lowest BCUT2D eigenvalue weighted by Gasteiger charge is -2.17. The number of rotatable bonds is 6. The van der Waals surface area contributed by atoms with Crippen LogP contribution in [-0.4, -0.2) is 34.4 Å². The van der Waals surface area contributed by atoms with Crippen LogP contribution < -0.4 is 5.32 Å². The fourth-order valence-electron chi connectivity index (χ4n) is 2.40. The van der Waals surface area contributed by atoms with Crippen LogP contribution in [0.3, 0.4) is 0 Å². The third kappa shape index (κ3) is 4.54. The Bertz CT molecular complexity index is 727. The van der Waals surface area contributed by atoms with Crippen LogP contribution in [0.4, 0.5) is 11.5 Å². The summed E-state index contributed by atoms with van der Waals surface area (Å²) >= 11 is 0. The lowest BCUT2D eigenvalue weighted by molar-refractivity contribution is 0.0787. The first-order valence-electron chi connectivity index (χ1n) is 8.36. The zero-order valence-electron chi connectivity index (χ0n) is 15.2. The van der Waals surface area contributed by atoms with Crippen LogP contribution in [0.5, 0.6) is 0 Å². The minimum absolute atomic E-state index is 0.0721. The van der Waals surface area contributed by atoms with E-state index in [0.717, 1.165) is 25.1 Å². The van der Waals surface area contributed by atoms with Gasteiger partial charge in [-0.25, -0.2) is 9.97 Å². The van der Waals surface area contributed by atoms with E-state index in [4.69, 9.17) is 0 Å². The molecular formula is C19H26N4O. The van der Waals surface area contributed by atoms with E-state index < -0.39 is 0 Å². The van der Waals surface area contributed by atoms with Gasteiger partial charge in [-0.1, -0.05) is 19.4 Å². The topological polar surface area (TPSA) is 58.1 Å². The average Bonchev–Trinajstić information content (AvgIpc) is 2.54. The summed E-state index contributed by atoms with van der Waals surface area (Å²) in [5.41, 5.74) is 3.83. The highest BCUT2D eigenvalue weighted by Gasteiger charge is 2.15. The summed E-state index contributed by atoms with van der Waals surface area (Å²) < 4.78 is 0. The Kier molecular flexibility index (Phi) is 5.90. The van der Waals surface area contributed by atoms with Crippen molar-refractivity contribution in [3.05, 3.63) is 46.9 Å². The molecule has 0 atom stereocenters. The fourth-order valence-corrected chi connectivity index (χ4v) is 2.40. The Hall–Kier alpha value is -2.43. The number of hydrogen-bond acceptors (Lipinski definition) is 4. The highest BCUT2D eigenvalue weighted by atomic mass is 16.2. The van der Waals surface area contributed by atoms with Crippen LogP contribution in [0.1, 0.15) is 47.2 Å². The molecule has 1 N–H and O–H groups in total. The van der Waals surface area contributed by atoms with Crippen molar-refractivity contribution in [2.45, 2.75) is 40.5 Å². The third-order valence-corrected chi connectivity index (χ3v) is 4.03. The molecule has 1 amide bonds. The zero-order valence-corrected chi connectivity index (χ0v) is 15.2. The van der Waals surface area contributed by atoms with Crippen molar-refractivity contribution in [2.75, 3.05) is 18.9 Å². The highest BCUT2D eigenvalue weighted by Crippen LogP contribution is 2.19. The van der Waals surface area contributed by atoms with Gasteiger partial charge in [-0.2, -0.15) is 0 Å². The van der Waals surface area contributed by atoms with Gasteiger partial charge in [0.25, 0.3) is 5.91 Å². The number of hydrogen-bond donors (Lipinski definition) is 1. The molecule has 0 saturated carbocycles. The van der Waals surface area contributed by atoms with E-state index in [0.29, 0.717) is 17.3 Å². The molecule has 5 heteroatoms. The van der Waals surface area contributed by atoms with Crippen molar-refractivity contribution in [1.29, 1.82) is 0 Å². The molecule has 0 fully saturated rings. The van der Waals surface area contributed by atoms with Gasteiger partial charge in [0.2, 0.25) is 0 Å². The number of unbranched alkanes of at least 4 members (excludes halogenated alkanes) is 1. The molecule has 5 nitrogen and oxygen atoms in total. The number of benzene rings is 1. The summed E-state index contributed by atoms with van der Waals surface area (Å²) in [5, 5.41) is 3.27. The lowest BCUT2D eigenvalue weighted by Crippen LogP contribution is -2.28. The van der Waals surface area contributed by atoms with Crippen LogP contribution in [-0.2, 0) is 0 Å². The molecule has 1 heterocycles. The standard InChI is InChI=1S/C19H26N4O/c1-6-7-10-23(5)19(24)17-12-18(21-15(4)20-17)22-16-9-8-13(2)14(3)11-16/h8-9,11-12H,6-7,10H2,1-5H3,(H,20,21,22). The van der Waals surface area contributed by atoms with Crippen molar-refractivity contribution in [2.24, 2.45) is 0 Å². The first-order chi connectivity index (χ1) is 11.4. The van der Waals surface area contributed by atoms with Gasteiger partial charge in [0.1, 0.15) is 17.3 Å². The van der Waals surface area contributed by atoms with Crippen molar-refractivity contribution in [3.8, 4) is 0 Å². The fraction of sp³-hybridized carbons (Fsp3) is 0.421. The molecule has 128 valence electrons. The van der Waals surface area contributed by atoms with E-state index in [2.05, 4.69) is 48.2 Å². The number of nitrogens with one attached hydrogen (secondary N) is 1. The minimum atomic E-state index is -0.0721. The number of amides is 1. The lowest BCUT2D eigenvalue weighted by atomic mass is 10.1. The van der Waals surface area contributed by atoms with Crippen LogP contribution >= 0.6 is 0 Å². The first-order valence-corrected chi connectivity index (χ1v) is 8.36. The van der Waals surface area contributed by atoms with E-state index >= 15 is 0 Å². The quantitative estimate of drug-likeness (QED) is 0.871. The van der Waals surface area contributed by atoms with Crippen molar-refractivity contribution >= 4 is 17.4 Å². The molecule has 0 bridgehead atoms. The average molecular weight is 326 g/mol. The Morgan fingerprint density at radius 1 is 1.12 bits per heavy atom. The van der Waals surface area contributed by atoms with E-state index in [9.17, 15) is 4.79 Å². The number of carbonyl (C=O) groups excluding carboxylic acids is 1. The second-order valence-electron chi connectivity index (χ2n) is 6.19. The Morgan fingerprint density at radius 3 is 2.54 bits per heavy atom. The first kappa shape index (κ1) is 17.9. The van der Waals surface area contributed by atoms with Crippen LogP contribution in [0.25, 0.3) is 0 Å². The highest BCUT2D eigenvalue weighted by molar-refractivity contribution is 5.93. The van der Waals surface area contributed by atoms with Gasteiger partial charge in [0, 0.05) is 25.3 Å². The molecule has 1 aromatic carbocycles. The van der Waals surface area contributed by atoms with Crippen molar-refractivity contribution in [3.63, 3.8) is 0 Å². The van der Waals surface area contributed by atoms with Gasteiger partial charge < -0.3 is 10.2 Å². The normalized spacial score (nSPS) is 10.5. The maximum Gasteiger partial charge on any atom is 0.272 e. The number of aryl methyl sites for hydroxylation is 3. The number of carbonyl (C=O) groups is 1. The van der Waals surface area contributed by atoms with Crippen LogP contribution in [0.2, 0.25) is 0 Å². The summed E-state index contributed by atoms with van der Waals surface area (Å²) in [6.07, 6.45) is 2.04. The smallest absolute Gasteiger partial charge is 0.272 e. The Morgan fingerprint density at radius 2 is 1.88 bits per heavy atom. The maximum atomic E-state index is 12.5. The van der Waals surface area contributed by atoms with Crippen LogP contribution in [0.15, 0.2) is 24.3 Å². The largest absolute Gasteiger partial charge is 0.340 e. The van der Waals surface area contributed by atoms with Crippen molar-refractivity contribution < 1.29 is 4.79 Å². The predicted molar refractivity (Wildman–Crippen MR) is 97.8 cm³/mol. The third-order valence-electron chi connectivity index (χ3n) is 4.03. The molecule has 0 unspecified atom stereocenters. The molecule has 1 aromatic heterocycles. The number of aromatic nitrogens is 2. The minimum Gasteiger partial charge on any atom is -0.340 e. The van der Waals surface area contributed by atoms with Gasteiger partial charge in [-0.3, -0.25) is 4.79 Å². The van der Waals surface area contributed by atoms with Gasteiger partial charge in [0.05, 0.1) is 0 Å². The Balaban J connectivity index is 2.21. The second kappa shape index (κ2) is 7.90. The SMILES string of the molecule is CCCCN(C)C(=O)c1cc(Nc2ccc(C)c(C)c2)nc(C)n1. The summed E-state index contributed by atoms with van der Waals surface area (Å²) in [5.74, 6) is 1.14. The molecule has 0 radical (unpaired) electrons. The van der Waals surface area contributed by atoms with E-state index in [1.165, 1.54) is 11.1 Å². The summed E-state index contributed by atoms with van der Waals surface area (Å²) in [4.78, 5) is 22.9. The van der Waals surface area contributed by atoms with Gasteiger partial charge in [0.15, 0.2) is 0 Å². The number of anilines is 2. The molecule has 2 rings (SSSR count). The van der Waals surface area contributed by atoms with Gasteiger partial charge in [-0.05, 0) is 50.5 Å². The molecule has 0 spiro atoms. The molecular weight excluding hydrogens is 300 g/mol. The summed E-state index contributed by atoms with van der Waals surface area (Å²) in [6.45, 7) is 8.80. The van der Waals surface area contributed by atoms with Gasteiger partial charge >= 0.3 is 0 Å². The molecule has 0 aliphatic carbocycles. The molecule has 0 saturated heterocycles. The van der Waals surface area contributed by atoms with Gasteiger partial charge in [-0.15, -0.1) is 0 Å². The second-order valence-corrected chi connectivity index (χ2v) is 6.19. The monoisotopic (exact) mass is 326 g/mol. The maximum absolute atomic E-state index is 12.5. The zero-order chi connectivity index (χ0) is 17.7. The molecule has 2 aromatic rings. The summed E-state index contributed by atoms with van der Waals surface area (Å²) in [7, 11) is 1.81. The molecule has 24 heavy (non-hydrogen) atoms. The van der Waals surface area contributed by atoms with Crippen molar-refractivity contribution in [1.82, 2.24) is 14.9 Å². The predicted octanol–water partition coefficient (Wildman–Crippen LogP) is 4.02. The van der Waals surface area contributed by atoms with E-state index in [-0.39, 0.29) is 5.91 Å².